The van der Waals surface area contributed by atoms with Crippen molar-refractivity contribution in [2.24, 2.45) is 0 Å². The molecule has 0 aliphatic carbocycles. The summed E-state index contributed by atoms with van der Waals surface area (Å²) in [6.07, 6.45) is 0.629. The van der Waals surface area contributed by atoms with Gasteiger partial charge in [0.1, 0.15) is 0 Å². The number of carbonyl (C=O) groups is 1. The van der Waals surface area contributed by atoms with Crippen LogP contribution in [-0.2, 0) is 4.74 Å². The van der Waals surface area contributed by atoms with Gasteiger partial charge < -0.3 is 15.0 Å². The summed E-state index contributed by atoms with van der Waals surface area (Å²) < 4.78 is 4.51. The number of methoxy groups -OCH3 is 1. The SMILES string of the molecule is COC(=O)NC1CCN(CCCl)C1. The van der Waals surface area contributed by atoms with Crippen LogP contribution >= 0.6 is 11.6 Å². The van der Waals surface area contributed by atoms with Crippen LogP contribution in [0.5, 0.6) is 0 Å². The first-order chi connectivity index (χ1) is 6.26. The van der Waals surface area contributed by atoms with Crippen molar-refractivity contribution in [2.75, 3.05) is 32.6 Å². The maximum atomic E-state index is 10.9. The van der Waals surface area contributed by atoms with Gasteiger partial charge in [-0.15, -0.1) is 11.6 Å². The third-order valence-corrected chi connectivity index (χ3v) is 2.35. The molecule has 0 saturated carbocycles. The van der Waals surface area contributed by atoms with Crippen molar-refractivity contribution in [3.63, 3.8) is 0 Å². The number of nitrogens with zero attached hydrogens (tertiary/aromatic N) is 1. The largest absolute Gasteiger partial charge is 0.453 e. The third-order valence-electron chi connectivity index (χ3n) is 2.18. The highest BCUT2D eigenvalue weighted by Gasteiger charge is 2.23. The molecule has 76 valence electrons. The highest BCUT2D eigenvalue weighted by Crippen LogP contribution is 2.08. The lowest BCUT2D eigenvalue weighted by atomic mass is 10.3. The fourth-order valence-electron chi connectivity index (χ4n) is 1.50. The van der Waals surface area contributed by atoms with E-state index in [0.29, 0.717) is 5.88 Å². The molecule has 1 atom stereocenters. The summed E-state index contributed by atoms with van der Waals surface area (Å²) in [5.41, 5.74) is 0. The van der Waals surface area contributed by atoms with Gasteiger partial charge in [0, 0.05) is 31.6 Å². The minimum atomic E-state index is -0.349. The smallest absolute Gasteiger partial charge is 0.407 e. The molecule has 0 radical (unpaired) electrons. The van der Waals surface area contributed by atoms with Crippen LogP contribution in [0.15, 0.2) is 0 Å². The number of rotatable bonds is 3. The predicted octanol–water partition coefficient (Wildman–Crippen LogP) is 0.655. The Morgan fingerprint density at radius 1 is 1.77 bits per heavy atom. The fourth-order valence-corrected chi connectivity index (χ4v) is 1.74. The van der Waals surface area contributed by atoms with Crippen molar-refractivity contribution >= 4 is 17.7 Å². The van der Waals surface area contributed by atoms with Crippen molar-refractivity contribution < 1.29 is 9.53 Å². The summed E-state index contributed by atoms with van der Waals surface area (Å²) in [4.78, 5) is 13.1. The van der Waals surface area contributed by atoms with Gasteiger partial charge in [0.05, 0.1) is 7.11 Å². The van der Waals surface area contributed by atoms with Crippen LogP contribution in [-0.4, -0.2) is 49.7 Å². The number of hydrogen-bond donors (Lipinski definition) is 1. The molecule has 0 aromatic carbocycles. The second kappa shape index (κ2) is 5.29. The maximum absolute atomic E-state index is 10.9. The van der Waals surface area contributed by atoms with Gasteiger partial charge >= 0.3 is 6.09 Å². The molecule has 1 aliphatic rings. The van der Waals surface area contributed by atoms with E-state index in [2.05, 4.69) is 15.0 Å². The quantitative estimate of drug-likeness (QED) is 0.690. The molecule has 4 nitrogen and oxygen atoms in total. The van der Waals surface area contributed by atoms with Gasteiger partial charge in [0.15, 0.2) is 0 Å². The second-order valence-corrected chi connectivity index (χ2v) is 3.49. The van der Waals surface area contributed by atoms with Crippen molar-refractivity contribution in [3.05, 3.63) is 0 Å². The molecule has 1 heterocycles. The molecule has 1 fully saturated rings. The van der Waals surface area contributed by atoms with Crippen LogP contribution in [0.25, 0.3) is 0 Å². The van der Waals surface area contributed by atoms with Gasteiger partial charge in [0.25, 0.3) is 0 Å². The summed E-state index contributed by atoms with van der Waals surface area (Å²) in [5.74, 6) is 0.644. The van der Waals surface area contributed by atoms with Gasteiger partial charge in [-0.1, -0.05) is 0 Å². The molecular weight excluding hydrogens is 192 g/mol. The Kier molecular flexibility index (Phi) is 4.32. The molecule has 0 aromatic heterocycles. The van der Waals surface area contributed by atoms with Gasteiger partial charge in [-0.3, -0.25) is 0 Å². The zero-order valence-corrected chi connectivity index (χ0v) is 8.51. The van der Waals surface area contributed by atoms with E-state index in [9.17, 15) is 4.79 Å². The van der Waals surface area contributed by atoms with Crippen molar-refractivity contribution in [1.82, 2.24) is 10.2 Å². The van der Waals surface area contributed by atoms with Crippen molar-refractivity contribution in [2.45, 2.75) is 12.5 Å². The average Bonchev–Trinajstić information content (AvgIpc) is 2.53. The molecule has 0 bridgehead atoms. The molecular formula is C8H15ClN2O2. The molecule has 1 N–H and O–H groups in total. The molecule has 1 unspecified atom stereocenters. The predicted molar refractivity (Wildman–Crippen MR) is 51.1 cm³/mol. The number of carbonyl (C=O) groups excluding carboxylic acids is 1. The Hall–Kier alpha value is -0.480. The molecule has 1 saturated heterocycles. The number of likely N-dealkylation sites (tertiary alicyclic amines) is 1. The number of alkyl halides is 1. The number of halogens is 1. The Morgan fingerprint density at radius 2 is 2.54 bits per heavy atom. The monoisotopic (exact) mass is 206 g/mol. The first kappa shape index (κ1) is 10.6. The molecule has 0 aromatic rings. The highest BCUT2D eigenvalue weighted by atomic mass is 35.5. The second-order valence-electron chi connectivity index (χ2n) is 3.11. The van der Waals surface area contributed by atoms with E-state index in [4.69, 9.17) is 11.6 Å². The van der Waals surface area contributed by atoms with E-state index in [-0.39, 0.29) is 12.1 Å². The van der Waals surface area contributed by atoms with Crippen LogP contribution in [0.3, 0.4) is 0 Å². The van der Waals surface area contributed by atoms with E-state index < -0.39 is 0 Å². The van der Waals surface area contributed by atoms with Crippen molar-refractivity contribution in [1.29, 1.82) is 0 Å². The average molecular weight is 207 g/mol. The lowest BCUT2D eigenvalue weighted by molar-refractivity contribution is 0.166. The summed E-state index contributed by atoms with van der Waals surface area (Å²) in [6, 6.07) is 0.218. The number of amides is 1. The lowest BCUT2D eigenvalue weighted by Crippen LogP contribution is -2.37. The first-order valence-corrected chi connectivity index (χ1v) is 4.92. The Labute approximate surface area is 83.2 Å². The van der Waals surface area contributed by atoms with E-state index in [1.54, 1.807) is 0 Å². The highest BCUT2D eigenvalue weighted by molar-refractivity contribution is 6.18. The minimum Gasteiger partial charge on any atom is -0.453 e. The van der Waals surface area contributed by atoms with E-state index in [1.165, 1.54) is 7.11 Å². The van der Waals surface area contributed by atoms with Crippen LogP contribution in [0.4, 0.5) is 4.79 Å². The van der Waals surface area contributed by atoms with Gasteiger partial charge in [-0.2, -0.15) is 0 Å². The molecule has 1 rings (SSSR count). The standard InChI is InChI=1S/C8H15ClN2O2/c1-13-8(12)10-7-2-4-11(6-7)5-3-9/h7H,2-6H2,1H3,(H,10,12). The van der Waals surface area contributed by atoms with Crippen LogP contribution in [0, 0.1) is 0 Å². The molecule has 1 aliphatic heterocycles. The van der Waals surface area contributed by atoms with Gasteiger partial charge in [-0.05, 0) is 6.42 Å². The summed E-state index contributed by atoms with van der Waals surface area (Å²) in [7, 11) is 1.38. The summed E-state index contributed by atoms with van der Waals surface area (Å²) >= 11 is 5.61. The van der Waals surface area contributed by atoms with Crippen molar-refractivity contribution in [3.8, 4) is 0 Å². The number of nitrogens with one attached hydrogen (secondary N) is 1. The zero-order chi connectivity index (χ0) is 9.68. The Bertz CT molecular complexity index is 178. The zero-order valence-electron chi connectivity index (χ0n) is 7.75. The van der Waals surface area contributed by atoms with Gasteiger partial charge in [-0.25, -0.2) is 4.79 Å². The minimum absolute atomic E-state index is 0.218. The maximum Gasteiger partial charge on any atom is 0.407 e. The summed E-state index contributed by atoms with van der Waals surface area (Å²) in [5, 5.41) is 2.77. The summed E-state index contributed by atoms with van der Waals surface area (Å²) in [6.45, 7) is 2.77. The van der Waals surface area contributed by atoms with E-state index >= 15 is 0 Å². The number of ether oxygens (including phenoxy) is 1. The fraction of sp³-hybridized carbons (Fsp3) is 0.875. The third kappa shape index (κ3) is 3.40. The molecule has 13 heavy (non-hydrogen) atoms. The first-order valence-electron chi connectivity index (χ1n) is 4.39. The molecule has 1 amide bonds. The van der Waals surface area contributed by atoms with Crippen LogP contribution in [0.2, 0.25) is 0 Å². The Balaban J connectivity index is 2.20. The van der Waals surface area contributed by atoms with E-state index in [1.807, 2.05) is 0 Å². The van der Waals surface area contributed by atoms with Crippen LogP contribution < -0.4 is 5.32 Å². The van der Waals surface area contributed by atoms with Gasteiger partial charge in [0.2, 0.25) is 0 Å². The number of hydrogen-bond acceptors (Lipinski definition) is 3. The Morgan fingerprint density at radius 3 is 3.15 bits per heavy atom. The molecule has 0 spiro atoms. The lowest BCUT2D eigenvalue weighted by Gasteiger charge is -2.14. The normalized spacial score (nSPS) is 23.1. The number of alkyl carbamates (subject to hydrolysis) is 1. The molecule has 5 heteroatoms. The topological polar surface area (TPSA) is 41.6 Å². The van der Waals surface area contributed by atoms with E-state index in [0.717, 1.165) is 26.1 Å². The van der Waals surface area contributed by atoms with Crippen LogP contribution in [0.1, 0.15) is 6.42 Å².